The van der Waals surface area contributed by atoms with Crippen LogP contribution >= 0.6 is 0 Å². The molecule has 97 valence electrons. The molecule has 0 heterocycles. The molecule has 0 saturated heterocycles. The van der Waals surface area contributed by atoms with Crippen molar-refractivity contribution in [2.45, 2.75) is 27.2 Å². The van der Waals surface area contributed by atoms with Crippen molar-refractivity contribution in [3.05, 3.63) is 6.92 Å². The van der Waals surface area contributed by atoms with Crippen LogP contribution < -0.4 is 5.48 Å². The highest BCUT2D eigenvalue weighted by atomic mass is 16.6. The predicted molar refractivity (Wildman–Crippen MR) is 65.0 cm³/mol. The summed E-state index contributed by atoms with van der Waals surface area (Å²) in [5.41, 5.74) is 2.85. The van der Waals surface area contributed by atoms with Gasteiger partial charge in [0.05, 0.1) is 19.8 Å². The zero-order valence-corrected chi connectivity index (χ0v) is 10.9. The van der Waals surface area contributed by atoms with Crippen molar-refractivity contribution in [2.75, 3.05) is 39.6 Å². The number of hydrogen-bond donors (Lipinski definition) is 1. The molecule has 0 spiro atoms. The maximum Gasteiger partial charge on any atom is 0.0653 e. The Morgan fingerprint density at radius 2 is 1.56 bits per heavy atom. The summed E-state index contributed by atoms with van der Waals surface area (Å²) in [7, 11) is 0. The van der Waals surface area contributed by atoms with Crippen molar-refractivity contribution in [1.82, 2.24) is 5.48 Å². The van der Waals surface area contributed by atoms with Gasteiger partial charge in [-0.25, -0.2) is 5.48 Å². The average Bonchev–Trinajstić information content (AvgIpc) is 2.32. The highest BCUT2D eigenvalue weighted by Crippen LogP contribution is 2.22. The number of nitrogens with one attached hydrogen (secondary N) is 1. The van der Waals surface area contributed by atoms with Crippen LogP contribution in [0.4, 0.5) is 0 Å². The summed E-state index contributed by atoms with van der Waals surface area (Å²) in [6, 6.07) is 0. The van der Waals surface area contributed by atoms with Crippen LogP contribution in [0.25, 0.3) is 0 Å². The average molecular weight is 232 g/mol. The zero-order chi connectivity index (χ0) is 12.3. The molecule has 0 aliphatic carbocycles. The van der Waals surface area contributed by atoms with Crippen molar-refractivity contribution in [3.63, 3.8) is 0 Å². The number of hydrogen-bond acceptors (Lipinski definition) is 4. The van der Waals surface area contributed by atoms with E-state index in [0.29, 0.717) is 39.6 Å². The van der Waals surface area contributed by atoms with E-state index in [1.54, 1.807) is 0 Å². The van der Waals surface area contributed by atoms with Gasteiger partial charge in [-0.15, -0.1) is 0 Å². The molecule has 4 nitrogen and oxygen atoms in total. The molecule has 0 saturated carbocycles. The Bertz CT molecular complexity index is 145. The molecule has 0 aliphatic rings. The topological polar surface area (TPSA) is 39.7 Å². The normalized spacial score (nSPS) is 12.0. The van der Waals surface area contributed by atoms with Gasteiger partial charge in [0.1, 0.15) is 0 Å². The predicted octanol–water partition coefficient (Wildman–Crippen LogP) is 1.81. The van der Waals surface area contributed by atoms with E-state index in [2.05, 4.69) is 12.4 Å². The van der Waals surface area contributed by atoms with E-state index < -0.39 is 0 Å². The number of hydroxylamine groups is 1. The first-order valence-electron chi connectivity index (χ1n) is 6.04. The highest BCUT2D eigenvalue weighted by Gasteiger charge is 2.28. The fraction of sp³-hybridized carbons (Fsp3) is 0.917. The molecular formula is C12H26NO3. The largest absolute Gasteiger partial charge is 0.381 e. The Morgan fingerprint density at radius 1 is 1.00 bits per heavy atom. The Kier molecular flexibility index (Phi) is 9.92. The lowest BCUT2D eigenvalue weighted by atomic mass is 9.87. The van der Waals surface area contributed by atoms with E-state index in [9.17, 15) is 0 Å². The maximum absolute atomic E-state index is 5.50. The van der Waals surface area contributed by atoms with Crippen molar-refractivity contribution >= 4 is 0 Å². The summed E-state index contributed by atoms with van der Waals surface area (Å²) in [6.07, 6.45) is 0.757. The fourth-order valence-electron chi connectivity index (χ4n) is 1.32. The van der Waals surface area contributed by atoms with Crippen molar-refractivity contribution < 1.29 is 14.3 Å². The molecule has 0 aliphatic heterocycles. The molecule has 16 heavy (non-hydrogen) atoms. The lowest BCUT2D eigenvalue weighted by Crippen LogP contribution is -2.41. The Morgan fingerprint density at radius 3 is 1.94 bits per heavy atom. The van der Waals surface area contributed by atoms with Crippen LogP contribution in [0.1, 0.15) is 27.2 Å². The lowest BCUT2D eigenvalue weighted by Gasteiger charge is -2.32. The minimum atomic E-state index is -0.0960. The molecule has 0 unspecified atom stereocenters. The minimum absolute atomic E-state index is 0.0960. The second-order valence-corrected chi connectivity index (χ2v) is 3.78. The molecule has 0 amide bonds. The number of ether oxygens (including phenoxy) is 2. The van der Waals surface area contributed by atoms with E-state index in [4.69, 9.17) is 14.3 Å². The maximum atomic E-state index is 5.50. The molecule has 0 atom stereocenters. The first-order valence-corrected chi connectivity index (χ1v) is 6.04. The number of rotatable bonds is 11. The SMILES string of the molecule is [CH2]CC(CNOCC)(COCC)COCC. The van der Waals surface area contributed by atoms with E-state index in [1.165, 1.54) is 0 Å². The van der Waals surface area contributed by atoms with Crippen LogP contribution in [0.3, 0.4) is 0 Å². The summed E-state index contributed by atoms with van der Waals surface area (Å²) in [6.45, 7) is 14.0. The molecule has 0 aromatic heterocycles. The van der Waals surface area contributed by atoms with Crippen molar-refractivity contribution in [2.24, 2.45) is 5.41 Å². The Hall–Kier alpha value is -0.160. The molecule has 1 radical (unpaired) electrons. The van der Waals surface area contributed by atoms with E-state index in [0.717, 1.165) is 6.42 Å². The van der Waals surface area contributed by atoms with E-state index in [1.807, 2.05) is 20.8 Å². The van der Waals surface area contributed by atoms with Gasteiger partial charge >= 0.3 is 0 Å². The van der Waals surface area contributed by atoms with Gasteiger partial charge in [-0.2, -0.15) is 0 Å². The highest BCUT2D eigenvalue weighted by molar-refractivity contribution is 4.81. The minimum Gasteiger partial charge on any atom is -0.381 e. The van der Waals surface area contributed by atoms with Gasteiger partial charge in [-0.1, -0.05) is 6.92 Å². The lowest BCUT2D eigenvalue weighted by molar-refractivity contribution is -0.0488. The monoisotopic (exact) mass is 232 g/mol. The third-order valence-electron chi connectivity index (χ3n) is 2.45. The van der Waals surface area contributed by atoms with Crippen molar-refractivity contribution in [3.8, 4) is 0 Å². The molecule has 0 fully saturated rings. The fourth-order valence-corrected chi connectivity index (χ4v) is 1.32. The van der Waals surface area contributed by atoms with Crippen LogP contribution in [-0.2, 0) is 14.3 Å². The first-order chi connectivity index (χ1) is 7.74. The molecule has 0 bridgehead atoms. The third kappa shape index (κ3) is 6.43. The third-order valence-corrected chi connectivity index (χ3v) is 2.45. The van der Waals surface area contributed by atoms with Gasteiger partial charge in [-0.3, -0.25) is 0 Å². The molecule has 0 aromatic carbocycles. The second-order valence-electron chi connectivity index (χ2n) is 3.78. The van der Waals surface area contributed by atoms with Gasteiger partial charge in [-0.05, 0) is 27.2 Å². The van der Waals surface area contributed by atoms with Gasteiger partial charge in [0.15, 0.2) is 0 Å². The summed E-state index contributed by atoms with van der Waals surface area (Å²) in [5, 5.41) is 0. The zero-order valence-electron chi connectivity index (χ0n) is 10.9. The van der Waals surface area contributed by atoms with Crippen LogP contribution in [-0.4, -0.2) is 39.6 Å². The molecular weight excluding hydrogens is 206 g/mol. The second kappa shape index (κ2) is 10.0. The summed E-state index contributed by atoms with van der Waals surface area (Å²) < 4.78 is 11.0. The molecule has 0 aromatic rings. The summed E-state index contributed by atoms with van der Waals surface area (Å²) in [4.78, 5) is 5.16. The van der Waals surface area contributed by atoms with Gasteiger partial charge < -0.3 is 14.3 Å². The standard InChI is InChI=1S/C12H26NO3/c1-5-12(10-14-6-2,11-15-7-3)9-13-16-8-4/h13H,1,5-11H2,2-4H3. The first kappa shape index (κ1) is 15.8. The Balaban J connectivity index is 4.16. The van der Waals surface area contributed by atoms with Crippen LogP contribution in [0.2, 0.25) is 0 Å². The van der Waals surface area contributed by atoms with E-state index in [-0.39, 0.29) is 5.41 Å². The summed E-state index contributed by atoms with van der Waals surface area (Å²) in [5.74, 6) is 0. The van der Waals surface area contributed by atoms with E-state index >= 15 is 0 Å². The van der Waals surface area contributed by atoms with Gasteiger partial charge in [0.2, 0.25) is 0 Å². The summed E-state index contributed by atoms with van der Waals surface area (Å²) >= 11 is 0. The van der Waals surface area contributed by atoms with Crippen LogP contribution in [0.5, 0.6) is 0 Å². The Labute approximate surface area is 99.6 Å². The van der Waals surface area contributed by atoms with Gasteiger partial charge in [0, 0.05) is 25.2 Å². The van der Waals surface area contributed by atoms with Crippen molar-refractivity contribution in [1.29, 1.82) is 0 Å². The quantitative estimate of drug-likeness (QED) is 0.435. The smallest absolute Gasteiger partial charge is 0.0653 e. The van der Waals surface area contributed by atoms with Gasteiger partial charge in [0.25, 0.3) is 0 Å². The van der Waals surface area contributed by atoms with Crippen LogP contribution in [0, 0.1) is 12.3 Å². The molecule has 4 heteroatoms. The molecule has 0 rings (SSSR count). The molecule has 1 N–H and O–H groups in total. The van der Waals surface area contributed by atoms with Crippen LogP contribution in [0.15, 0.2) is 0 Å².